The van der Waals surface area contributed by atoms with E-state index in [4.69, 9.17) is 9.47 Å². The number of aromatic nitrogens is 1. The van der Waals surface area contributed by atoms with Gasteiger partial charge in [0.25, 0.3) is 5.91 Å². The Balaban J connectivity index is 1.84. The van der Waals surface area contributed by atoms with Crippen molar-refractivity contribution in [3.63, 3.8) is 0 Å². The van der Waals surface area contributed by atoms with Crippen LogP contribution in [0.2, 0.25) is 0 Å². The highest BCUT2D eigenvalue weighted by molar-refractivity contribution is 7.18. The lowest BCUT2D eigenvalue weighted by Crippen LogP contribution is -2.23. The minimum atomic E-state index is -0.292. The molecule has 0 spiro atoms. The molecule has 132 valence electrons. The van der Waals surface area contributed by atoms with Crippen LogP contribution < -0.4 is 19.7 Å². The highest BCUT2D eigenvalue weighted by Crippen LogP contribution is 2.32. The lowest BCUT2D eigenvalue weighted by Gasteiger charge is -2.11. The molecule has 1 aromatic heterocycles. The molecule has 0 radical (unpaired) electrons. The van der Waals surface area contributed by atoms with Crippen LogP contribution in [0.1, 0.15) is 28.2 Å². The van der Waals surface area contributed by atoms with E-state index in [0.29, 0.717) is 45.9 Å². The van der Waals surface area contributed by atoms with Gasteiger partial charge in [0.1, 0.15) is 16.4 Å². The number of hydrogen-bond acceptors (Lipinski definition) is 6. The van der Waals surface area contributed by atoms with Crippen molar-refractivity contribution < 1.29 is 19.1 Å². The highest BCUT2D eigenvalue weighted by Gasteiger charge is 2.27. The maximum atomic E-state index is 12.7. The van der Waals surface area contributed by atoms with Crippen LogP contribution in [0.4, 0.5) is 10.8 Å². The smallest absolute Gasteiger partial charge is 0.267 e. The van der Waals surface area contributed by atoms with Crippen molar-refractivity contribution in [2.45, 2.75) is 19.8 Å². The second kappa shape index (κ2) is 7.10. The summed E-state index contributed by atoms with van der Waals surface area (Å²) in [6, 6.07) is 5.17. The van der Waals surface area contributed by atoms with Gasteiger partial charge in [-0.3, -0.25) is 14.5 Å². The summed E-state index contributed by atoms with van der Waals surface area (Å²) in [7, 11) is 3.09. The molecule has 1 saturated heterocycles. The van der Waals surface area contributed by atoms with Gasteiger partial charge in [-0.05, 0) is 25.5 Å². The molecule has 3 rings (SSSR count). The summed E-state index contributed by atoms with van der Waals surface area (Å²) in [5, 5.41) is 3.40. The normalized spacial score (nSPS) is 13.9. The monoisotopic (exact) mass is 361 g/mol. The Labute approximate surface area is 149 Å². The first-order chi connectivity index (χ1) is 12.0. The predicted molar refractivity (Wildman–Crippen MR) is 95.9 cm³/mol. The highest BCUT2D eigenvalue weighted by atomic mass is 32.1. The van der Waals surface area contributed by atoms with Crippen LogP contribution in [-0.4, -0.2) is 37.6 Å². The lowest BCUT2D eigenvalue weighted by molar-refractivity contribution is -0.117. The van der Waals surface area contributed by atoms with Crippen LogP contribution in [0.3, 0.4) is 0 Å². The SMILES string of the molecule is COc1ccc(OC)c(NC(=O)c2sc(N3CCCC3=O)nc2C)c1. The van der Waals surface area contributed by atoms with E-state index in [9.17, 15) is 9.59 Å². The van der Waals surface area contributed by atoms with Crippen LogP contribution in [0, 0.1) is 6.92 Å². The van der Waals surface area contributed by atoms with E-state index >= 15 is 0 Å². The van der Waals surface area contributed by atoms with Crippen molar-refractivity contribution in [3.8, 4) is 11.5 Å². The fourth-order valence-corrected chi connectivity index (χ4v) is 3.66. The molecule has 1 aliphatic heterocycles. The zero-order valence-electron chi connectivity index (χ0n) is 14.3. The molecule has 8 heteroatoms. The van der Waals surface area contributed by atoms with Crippen LogP contribution in [0.15, 0.2) is 18.2 Å². The van der Waals surface area contributed by atoms with Gasteiger partial charge in [-0.15, -0.1) is 0 Å². The topological polar surface area (TPSA) is 80.8 Å². The third-order valence-electron chi connectivity index (χ3n) is 3.95. The second-order valence-corrected chi connectivity index (χ2v) is 6.56. The van der Waals surface area contributed by atoms with Crippen molar-refractivity contribution >= 4 is 34.0 Å². The molecule has 1 fully saturated rings. The largest absolute Gasteiger partial charge is 0.497 e. The van der Waals surface area contributed by atoms with E-state index in [0.717, 1.165) is 6.42 Å². The molecule has 7 nitrogen and oxygen atoms in total. The van der Waals surface area contributed by atoms with Gasteiger partial charge in [0.15, 0.2) is 5.13 Å². The fourth-order valence-electron chi connectivity index (χ4n) is 2.65. The number of benzene rings is 1. The number of carbonyl (C=O) groups is 2. The van der Waals surface area contributed by atoms with E-state index < -0.39 is 0 Å². The summed E-state index contributed by atoms with van der Waals surface area (Å²) < 4.78 is 10.5. The average molecular weight is 361 g/mol. The zero-order chi connectivity index (χ0) is 18.0. The molecule has 2 heterocycles. The van der Waals surface area contributed by atoms with E-state index in [1.807, 2.05) is 0 Å². The van der Waals surface area contributed by atoms with Gasteiger partial charge < -0.3 is 14.8 Å². The Morgan fingerprint density at radius 1 is 1.32 bits per heavy atom. The first-order valence-electron chi connectivity index (χ1n) is 7.84. The molecule has 1 N–H and O–H groups in total. The van der Waals surface area contributed by atoms with Crippen molar-refractivity contribution in [1.82, 2.24) is 4.98 Å². The number of hydrogen-bond donors (Lipinski definition) is 1. The quantitative estimate of drug-likeness (QED) is 0.886. The Morgan fingerprint density at radius 2 is 2.12 bits per heavy atom. The molecule has 0 unspecified atom stereocenters. The zero-order valence-corrected chi connectivity index (χ0v) is 15.1. The van der Waals surface area contributed by atoms with Crippen LogP contribution in [0.25, 0.3) is 0 Å². The number of rotatable bonds is 5. The summed E-state index contributed by atoms with van der Waals surface area (Å²) in [4.78, 5) is 31.0. The van der Waals surface area contributed by atoms with Crippen LogP contribution in [0.5, 0.6) is 11.5 Å². The summed E-state index contributed by atoms with van der Waals surface area (Å²) in [5.74, 6) is 0.904. The van der Waals surface area contributed by atoms with Gasteiger partial charge in [0, 0.05) is 19.0 Å². The Bertz CT molecular complexity index is 818. The lowest BCUT2D eigenvalue weighted by atomic mass is 10.2. The number of ether oxygens (including phenoxy) is 2. The first-order valence-corrected chi connectivity index (χ1v) is 8.66. The third kappa shape index (κ3) is 3.43. The average Bonchev–Trinajstić information content (AvgIpc) is 3.20. The van der Waals surface area contributed by atoms with Crippen LogP contribution >= 0.6 is 11.3 Å². The van der Waals surface area contributed by atoms with Crippen molar-refractivity contribution in [2.24, 2.45) is 0 Å². The van der Waals surface area contributed by atoms with E-state index in [1.54, 1.807) is 37.1 Å². The Morgan fingerprint density at radius 3 is 2.76 bits per heavy atom. The number of methoxy groups -OCH3 is 2. The van der Waals surface area contributed by atoms with Gasteiger partial charge in [0.05, 0.1) is 25.6 Å². The van der Waals surface area contributed by atoms with E-state index in [-0.39, 0.29) is 11.8 Å². The van der Waals surface area contributed by atoms with E-state index in [1.165, 1.54) is 18.4 Å². The number of carbonyl (C=O) groups excluding carboxylic acids is 2. The number of nitrogens with one attached hydrogen (secondary N) is 1. The molecule has 0 aliphatic carbocycles. The predicted octanol–water partition coefficient (Wildman–Crippen LogP) is 2.85. The third-order valence-corrected chi connectivity index (χ3v) is 5.13. The van der Waals surface area contributed by atoms with Gasteiger partial charge >= 0.3 is 0 Å². The molecular weight excluding hydrogens is 342 g/mol. The standard InChI is InChI=1S/C17H19N3O4S/c1-10-15(25-17(18-10)20-8-4-5-14(20)21)16(22)19-12-9-11(23-2)6-7-13(12)24-3/h6-7,9H,4-5,8H2,1-3H3,(H,19,22). The van der Waals surface area contributed by atoms with E-state index in [2.05, 4.69) is 10.3 Å². The summed E-state index contributed by atoms with van der Waals surface area (Å²) >= 11 is 1.22. The number of aryl methyl sites for hydroxylation is 1. The maximum absolute atomic E-state index is 12.7. The van der Waals surface area contributed by atoms with Gasteiger partial charge in [-0.2, -0.15) is 0 Å². The molecule has 0 saturated carbocycles. The molecular formula is C17H19N3O4S. The van der Waals surface area contributed by atoms with Gasteiger partial charge in [-0.25, -0.2) is 4.98 Å². The summed E-state index contributed by atoms with van der Waals surface area (Å²) in [5.41, 5.74) is 1.11. The summed E-state index contributed by atoms with van der Waals surface area (Å²) in [6.07, 6.45) is 1.35. The second-order valence-electron chi connectivity index (χ2n) is 5.58. The number of amides is 2. The fraction of sp³-hybridized carbons (Fsp3) is 0.353. The first kappa shape index (κ1) is 17.2. The number of nitrogens with zero attached hydrogens (tertiary/aromatic N) is 2. The van der Waals surface area contributed by atoms with Crippen molar-refractivity contribution in [3.05, 3.63) is 28.8 Å². The number of thiazole rings is 1. The minimum Gasteiger partial charge on any atom is -0.497 e. The molecule has 2 amide bonds. The Hall–Kier alpha value is -2.61. The maximum Gasteiger partial charge on any atom is 0.267 e. The van der Waals surface area contributed by atoms with Gasteiger partial charge in [0.2, 0.25) is 5.91 Å². The molecule has 1 aromatic carbocycles. The molecule has 0 bridgehead atoms. The van der Waals surface area contributed by atoms with Gasteiger partial charge in [-0.1, -0.05) is 11.3 Å². The molecule has 25 heavy (non-hydrogen) atoms. The summed E-state index contributed by atoms with van der Waals surface area (Å²) in [6.45, 7) is 2.41. The van der Waals surface area contributed by atoms with Crippen molar-refractivity contribution in [2.75, 3.05) is 31.0 Å². The minimum absolute atomic E-state index is 0.0511. The van der Waals surface area contributed by atoms with Crippen molar-refractivity contribution in [1.29, 1.82) is 0 Å². The molecule has 1 aliphatic rings. The number of anilines is 2. The Kier molecular flexibility index (Phi) is 4.89. The molecule has 0 atom stereocenters. The van der Waals surface area contributed by atoms with Crippen LogP contribution in [-0.2, 0) is 4.79 Å². The molecule has 2 aromatic rings.